The molecule has 10 heavy (non-hydrogen) atoms. The normalized spacial score (nSPS) is 9.80. The average molecular weight is 171 g/mol. The first-order chi connectivity index (χ1) is 4.83. The number of aromatic nitrogens is 1. The lowest BCUT2D eigenvalue weighted by Gasteiger charge is -1.96. The Labute approximate surface area is 70.1 Å². The van der Waals surface area contributed by atoms with Gasteiger partial charge in [-0.1, -0.05) is 16.9 Å². The van der Waals surface area contributed by atoms with Gasteiger partial charge >= 0.3 is 0 Å². The van der Waals surface area contributed by atoms with Gasteiger partial charge < -0.3 is 0 Å². The molecule has 0 aliphatic heterocycles. The molecule has 0 radical (unpaired) electrons. The molecule has 3 heteroatoms. The van der Waals surface area contributed by atoms with Crippen molar-refractivity contribution in [3.63, 3.8) is 0 Å². The van der Waals surface area contributed by atoms with E-state index in [0.717, 1.165) is 17.1 Å². The van der Waals surface area contributed by atoms with Gasteiger partial charge in [0, 0.05) is 11.4 Å². The summed E-state index contributed by atoms with van der Waals surface area (Å²) < 4.78 is 0. The Morgan fingerprint density at radius 2 is 2.40 bits per heavy atom. The highest BCUT2D eigenvalue weighted by molar-refractivity contribution is 8.68. The number of aryl methyl sites for hydroxylation is 1. The van der Waals surface area contributed by atoms with Crippen molar-refractivity contribution >= 4 is 22.5 Å². The molecule has 1 aromatic heterocycles. The van der Waals surface area contributed by atoms with E-state index in [1.165, 1.54) is 10.8 Å². The van der Waals surface area contributed by atoms with Crippen LogP contribution in [0.25, 0.3) is 0 Å². The maximum atomic E-state index is 4.29. The van der Waals surface area contributed by atoms with Crippen molar-refractivity contribution in [1.82, 2.24) is 4.98 Å². The zero-order valence-corrected chi connectivity index (χ0v) is 7.45. The van der Waals surface area contributed by atoms with Crippen LogP contribution < -0.4 is 0 Å². The Bertz CT molecular complexity index is 213. The third-order valence-corrected chi connectivity index (χ3v) is 1.97. The molecule has 0 spiro atoms. The zero-order valence-electron chi connectivity index (χ0n) is 5.74. The van der Waals surface area contributed by atoms with E-state index in [1.807, 2.05) is 25.1 Å². The Hall–Kier alpha value is -0.150. The fourth-order valence-electron chi connectivity index (χ4n) is 0.746. The van der Waals surface area contributed by atoms with E-state index in [2.05, 4.69) is 16.6 Å². The number of rotatable bonds is 2. The molecule has 54 valence electrons. The van der Waals surface area contributed by atoms with Gasteiger partial charge in [0.2, 0.25) is 0 Å². The molecule has 0 aromatic carbocycles. The van der Waals surface area contributed by atoms with Gasteiger partial charge in [-0.15, -0.1) is 11.7 Å². The number of hydrogen-bond acceptors (Lipinski definition) is 3. The highest BCUT2D eigenvalue weighted by Gasteiger charge is 1.91. The summed E-state index contributed by atoms with van der Waals surface area (Å²) in [5.41, 5.74) is 2.17. The smallest absolute Gasteiger partial charge is 0.0514 e. The SMILES string of the molecule is Cc1cccc(CSS)n1. The molecule has 0 unspecified atom stereocenters. The maximum absolute atomic E-state index is 4.29. The van der Waals surface area contributed by atoms with Crippen molar-refractivity contribution in [1.29, 1.82) is 0 Å². The second-order valence-corrected chi connectivity index (χ2v) is 3.37. The minimum atomic E-state index is 0.880. The van der Waals surface area contributed by atoms with Crippen LogP contribution in [0.2, 0.25) is 0 Å². The van der Waals surface area contributed by atoms with Crippen molar-refractivity contribution in [3.8, 4) is 0 Å². The molecule has 0 saturated carbocycles. The number of nitrogens with zero attached hydrogens (tertiary/aromatic N) is 1. The standard InChI is InChI=1S/C7H9NS2/c1-6-3-2-4-7(8-6)5-10-9/h2-4,9H,5H2,1H3. The van der Waals surface area contributed by atoms with Crippen LogP contribution in [0.5, 0.6) is 0 Å². The van der Waals surface area contributed by atoms with Crippen molar-refractivity contribution in [2.45, 2.75) is 12.7 Å². The maximum Gasteiger partial charge on any atom is 0.0514 e. The minimum Gasteiger partial charge on any atom is -0.257 e. The lowest BCUT2D eigenvalue weighted by Crippen LogP contribution is -1.86. The van der Waals surface area contributed by atoms with Gasteiger partial charge in [0.05, 0.1) is 5.69 Å². The number of pyridine rings is 1. The van der Waals surface area contributed by atoms with Crippen molar-refractivity contribution in [2.24, 2.45) is 0 Å². The van der Waals surface area contributed by atoms with E-state index in [1.54, 1.807) is 0 Å². The topological polar surface area (TPSA) is 12.9 Å². The molecule has 1 aromatic rings. The van der Waals surface area contributed by atoms with Gasteiger partial charge in [-0.3, -0.25) is 4.98 Å². The molecule has 1 heterocycles. The minimum absolute atomic E-state index is 0.880. The number of hydrogen-bond donors (Lipinski definition) is 1. The summed E-state index contributed by atoms with van der Waals surface area (Å²) in [5.74, 6) is 0.880. The summed E-state index contributed by atoms with van der Waals surface area (Å²) >= 11 is 4.04. The Balaban J connectivity index is 2.75. The van der Waals surface area contributed by atoms with E-state index in [4.69, 9.17) is 0 Å². The molecule has 0 bridgehead atoms. The van der Waals surface area contributed by atoms with Crippen molar-refractivity contribution in [3.05, 3.63) is 29.6 Å². The van der Waals surface area contributed by atoms with Gasteiger partial charge in [-0.05, 0) is 19.1 Å². The lowest BCUT2D eigenvalue weighted by molar-refractivity contribution is 1.11. The highest BCUT2D eigenvalue weighted by atomic mass is 33.1. The molecular formula is C7H9NS2. The predicted molar refractivity (Wildman–Crippen MR) is 49.3 cm³/mol. The second-order valence-electron chi connectivity index (χ2n) is 2.04. The van der Waals surface area contributed by atoms with E-state index < -0.39 is 0 Å². The first-order valence-electron chi connectivity index (χ1n) is 3.02. The third kappa shape index (κ3) is 2.23. The van der Waals surface area contributed by atoms with Crippen LogP contribution in [-0.4, -0.2) is 4.98 Å². The van der Waals surface area contributed by atoms with E-state index in [9.17, 15) is 0 Å². The van der Waals surface area contributed by atoms with Gasteiger partial charge in [0.15, 0.2) is 0 Å². The van der Waals surface area contributed by atoms with Crippen LogP contribution in [0.3, 0.4) is 0 Å². The molecule has 0 fully saturated rings. The predicted octanol–water partition coefficient (Wildman–Crippen LogP) is 2.47. The van der Waals surface area contributed by atoms with Crippen molar-refractivity contribution in [2.75, 3.05) is 0 Å². The van der Waals surface area contributed by atoms with Gasteiger partial charge in [0.25, 0.3) is 0 Å². The first kappa shape index (κ1) is 7.95. The van der Waals surface area contributed by atoms with Crippen LogP contribution >= 0.6 is 22.5 Å². The summed E-state index contributed by atoms with van der Waals surface area (Å²) in [6.07, 6.45) is 0. The van der Waals surface area contributed by atoms with Crippen LogP contribution in [0.4, 0.5) is 0 Å². The van der Waals surface area contributed by atoms with Gasteiger partial charge in [0.1, 0.15) is 0 Å². The Kier molecular flexibility index (Phi) is 3.09. The Morgan fingerprint density at radius 3 is 3.00 bits per heavy atom. The molecule has 0 atom stereocenters. The molecule has 0 amide bonds. The molecule has 0 saturated heterocycles. The molecule has 0 aliphatic rings. The second kappa shape index (κ2) is 3.88. The van der Waals surface area contributed by atoms with Gasteiger partial charge in [-0.2, -0.15) is 0 Å². The molecule has 1 nitrogen and oxygen atoms in total. The molecule has 0 aliphatic carbocycles. The fraction of sp³-hybridized carbons (Fsp3) is 0.286. The summed E-state index contributed by atoms with van der Waals surface area (Å²) in [4.78, 5) is 4.29. The molecule has 1 rings (SSSR count). The lowest BCUT2D eigenvalue weighted by atomic mass is 10.3. The quantitative estimate of drug-likeness (QED) is 0.542. The molecule has 0 N–H and O–H groups in total. The van der Waals surface area contributed by atoms with E-state index >= 15 is 0 Å². The van der Waals surface area contributed by atoms with Crippen LogP contribution in [-0.2, 0) is 5.75 Å². The summed E-state index contributed by atoms with van der Waals surface area (Å²) in [6.45, 7) is 1.99. The monoisotopic (exact) mass is 171 g/mol. The van der Waals surface area contributed by atoms with E-state index in [-0.39, 0.29) is 0 Å². The first-order valence-corrected chi connectivity index (χ1v) is 5.05. The van der Waals surface area contributed by atoms with Crippen LogP contribution in [0.1, 0.15) is 11.4 Å². The Morgan fingerprint density at radius 1 is 1.60 bits per heavy atom. The summed E-state index contributed by atoms with van der Waals surface area (Å²) in [6, 6.07) is 6.02. The average Bonchev–Trinajstić information content (AvgIpc) is 1.88. The fourth-order valence-corrected chi connectivity index (χ4v) is 1.44. The van der Waals surface area contributed by atoms with Gasteiger partial charge in [-0.25, -0.2) is 0 Å². The summed E-state index contributed by atoms with van der Waals surface area (Å²) in [5, 5.41) is 0. The molecular weight excluding hydrogens is 162 g/mol. The number of thiol groups is 1. The van der Waals surface area contributed by atoms with E-state index in [0.29, 0.717) is 0 Å². The third-order valence-electron chi connectivity index (χ3n) is 1.16. The van der Waals surface area contributed by atoms with Crippen molar-refractivity contribution < 1.29 is 0 Å². The summed E-state index contributed by atoms with van der Waals surface area (Å²) in [7, 11) is 1.50. The van der Waals surface area contributed by atoms with Crippen LogP contribution in [0, 0.1) is 6.92 Å². The zero-order chi connectivity index (χ0) is 7.40. The highest BCUT2D eigenvalue weighted by Crippen LogP contribution is 2.12. The van der Waals surface area contributed by atoms with Crippen LogP contribution in [0.15, 0.2) is 18.2 Å². The largest absolute Gasteiger partial charge is 0.257 e.